The molecule has 3 aromatic rings. The number of aryl methyl sites for hydroxylation is 1. The second-order valence-corrected chi connectivity index (χ2v) is 11.2. The summed E-state index contributed by atoms with van der Waals surface area (Å²) < 4.78 is 31.5. The Bertz CT molecular complexity index is 1370. The van der Waals surface area contributed by atoms with E-state index in [9.17, 15) is 13.2 Å². The highest BCUT2D eigenvalue weighted by Gasteiger charge is 2.24. The standard InChI is InChI=1S/C28H34N4O4S/c1-19-18-23(32(3)22-12-10-21(11-13-22)20-8-6-5-7-9-20)14-15-24(19)30-26-17-16-25(37(34,35)29-2)27(31-26)28(33)36-4/h10-18,20,29H,5-9H2,1-4H3,(H,30,31). The molecule has 1 aliphatic carbocycles. The molecule has 37 heavy (non-hydrogen) atoms. The Morgan fingerprint density at radius 3 is 2.30 bits per heavy atom. The Labute approximate surface area is 219 Å². The topological polar surface area (TPSA) is 101 Å². The first-order chi connectivity index (χ1) is 17.7. The zero-order valence-corrected chi connectivity index (χ0v) is 22.6. The first-order valence-corrected chi connectivity index (χ1v) is 14.0. The van der Waals surface area contributed by atoms with Crippen molar-refractivity contribution < 1.29 is 17.9 Å². The molecule has 0 aliphatic heterocycles. The number of methoxy groups -OCH3 is 1. The summed E-state index contributed by atoms with van der Waals surface area (Å²) in [4.78, 5) is 18.4. The predicted molar refractivity (Wildman–Crippen MR) is 147 cm³/mol. The minimum Gasteiger partial charge on any atom is -0.464 e. The maximum atomic E-state index is 12.3. The van der Waals surface area contributed by atoms with E-state index in [1.54, 1.807) is 0 Å². The minimum absolute atomic E-state index is 0.240. The van der Waals surface area contributed by atoms with Gasteiger partial charge in [0.2, 0.25) is 10.0 Å². The lowest BCUT2D eigenvalue weighted by atomic mass is 9.84. The van der Waals surface area contributed by atoms with E-state index in [4.69, 9.17) is 4.74 Å². The van der Waals surface area contributed by atoms with Gasteiger partial charge in [-0.3, -0.25) is 0 Å². The van der Waals surface area contributed by atoms with Gasteiger partial charge in [-0.05, 0) is 86.3 Å². The van der Waals surface area contributed by atoms with Gasteiger partial charge in [-0.25, -0.2) is 22.9 Å². The summed E-state index contributed by atoms with van der Waals surface area (Å²) in [5, 5.41) is 3.19. The van der Waals surface area contributed by atoms with Crippen LogP contribution in [0.5, 0.6) is 0 Å². The molecule has 0 amide bonds. The quantitative estimate of drug-likeness (QED) is 0.369. The van der Waals surface area contributed by atoms with Gasteiger partial charge in [0.1, 0.15) is 10.7 Å². The van der Waals surface area contributed by atoms with E-state index in [0.29, 0.717) is 11.7 Å². The Kier molecular flexibility index (Phi) is 8.14. The predicted octanol–water partition coefficient (Wildman–Crippen LogP) is 5.64. The summed E-state index contributed by atoms with van der Waals surface area (Å²) in [5.41, 5.74) is 5.05. The number of hydrogen-bond donors (Lipinski definition) is 2. The minimum atomic E-state index is -3.88. The average Bonchev–Trinajstić information content (AvgIpc) is 2.93. The summed E-state index contributed by atoms with van der Waals surface area (Å²) in [6, 6.07) is 17.8. The molecule has 9 heteroatoms. The summed E-state index contributed by atoms with van der Waals surface area (Å²) in [5.74, 6) is 0.181. The van der Waals surface area contributed by atoms with Crippen LogP contribution in [0.25, 0.3) is 0 Å². The number of carbonyl (C=O) groups is 1. The fraction of sp³-hybridized carbons (Fsp3) is 0.357. The third-order valence-corrected chi connectivity index (χ3v) is 8.46. The van der Waals surface area contributed by atoms with Crippen LogP contribution < -0.4 is 14.9 Å². The lowest BCUT2D eigenvalue weighted by Gasteiger charge is -2.24. The number of aromatic nitrogens is 1. The zero-order valence-electron chi connectivity index (χ0n) is 21.7. The van der Waals surface area contributed by atoms with Crippen LogP contribution >= 0.6 is 0 Å². The van der Waals surface area contributed by atoms with E-state index in [-0.39, 0.29) is 10.6 Å². The Morgan fingerprint density at radius 2 is 1.68 bits per heavy atom. The molecule has 8 nitrogen and oxygen atoms in total. The van der Waals surface area contributed by atoms with Gasteiger partial charge in [0.15, 0.2) is 5.69 Å². The van der Waals surface area contributed by atoms with Gasteiger partial charge in [-0.1, -0.05) is 31.4 Å². The van der Waals surface area contributed by atoms with Crippen molar-refractivity contribution >= 4 is 38.9 Å². The Hall–Kier alpha value is -3.43. The van der Waals surface area contributed by atoms with Crippen molar-refractivity contribution in [1.29, 1.82) is 0 Å². The van der Waals surface area contributed by atoms with Crippen molar-refractivity contribution in [2.45, 2.75) is 49.8 Å². The molecule has 4 rings (SSSR count). The van der Waals surface area contributed by atoms with Gasteiger partial charge in [0, 0.05) is 24.1 Å². The number of ether oxygens (including phenoxy) is 1. The summed E-state index contributed by atoms with van der Waals surface area (Å²) in [6.07, 6.45) is 6.57. The summed E-state index contributed by atoms with van der Waals surface area (Å²) >= 11 is 0. The number of anilines is 4. The number of nitrogens with one attached hydrogen (secondary N) is 2. The fourth-order valence-corrected chi connectivity index (χ4v) is 5.63. The maximum Gasteiger partial charge on any atom is 0.358 e. The van der Waals surface area contributed by atoms with Gasteiger partial charge >= 0.3 is 5.97 Å². The van der Waals surface area contributed by atoms with E-state index < -0.39 is 16.0 Å². The fourth-order valence-electron chi connectivity index (χ4n) is 4.78. The van der Waals surface area contributed by atoms with Crippen LogP contribution in [0.15, 0.2) is 59.5 Å². The van der Waals surface area contributed by atoms with Crippen molar-refractivity contribution in [3.05, 3.63) is 71.4 Å². The molecule has 2 N–H and O–H groups in total. The van der Waals surface area contributed by atoms with Crippen LogP contribution in [0.1, 0.15) is 59.6 Å². The number of sulfonamides is 1. The molecule has 0 atom stereocenters. The van der Waals surface area contributed by atoms with Crippen molar-refractivity contribution in [1.82, 2.24) is 9.71 Å². The lowest BCUT2D eigenvalue weighted by molar-refractivity contribution is 0.0589. The van der Waals surface area contributed by atoms with Crippen LogP contribution in [-0.4, -0.2) is 40.6 Å². The molecule has 1 aromatic heterocycles. The first-order valence-electron chi connectivity index (χ1n) is 12.5. The number of benzene rings is 2. The van der Waals surface area contributed by atoms with Crippen molar-refractivity contribution in [2.75, 3.05) is 31.4 Å². The molecule has 2 aromatic carbocycles. The van der Waals surface area contributed by atoms with Gasteiger partial charge in [-0.2, -0.15) is 0 Å². The number of pyridine rings is 1. The molecule has 1 aliphatic rings. The monoisotopic (exact) mass is 522 g/mol. The van der Waals surface area contributed by atoms with E-state index in [0.717, 1.165) is 22.6 Å². The Balaban J connectivity index is 1.53. The normalized spacial score (nSPS) is 14.3. The Morgan fingerprint density at radius 1 is 1.00 bits per heavy atom. The van der Waals surface area contributed by atoms with E-state index in [1.165, 1.54) is 64.0 Å². The number of rotatable bonds is 8. The number of carbonyl (C=O) groups excluding carboxylic acids is 1. The first kappa shape index (κ1) is 26.6. The lowest BCUT2D eigenvalue weighted by Crippen LogP contribution is -2.23. The smallest absolute Gasteiger partial charge is 0.358 e. The van der Waals surface area contributed by atoms with E-state index >= 15 is 0 Å². The molecule has 196 valence electrons. The van der Waals surface area contributed by atoms with Gasteiger partial charge < -0.3 is 15.0 Å². The van der Waals surface area contributed by atoms with Gasteiger partial charge in [0.05, 0.1) is 7.11 Å². The second-order valence-electron chi connectivity index (χ2n) is 9.35. The SMILES string of the molecule is CNS(=O)(=O)c1ccc(Nc2ccc(N(C)c3ccc(C4CCCCC4)cc3)cc2C)nc1C(=O)OC. The van der Waals surface area contributed by atoms with Crippen molar-refractivity contribution in [3.8, 4) is 0 Å². The maximum absolute atomic E-state index is 12.3. The summed E-state index contributed by atoms with van der Waals surface area (Å²) in [6.45, 7) is 1.98. The van der Waals surface area contributed by atoms with Crippen LogP contribution in [0.4, 0.5) is 22.9 Å². The second kappa shape index (κ2) is 11.3. The molecule has 0 unspecified atom stereocenters. The molecule has 1 saturated carbocycles. The number of nitrogens with zero attached hydrogens (tertiary/aromatic N) is 2. The molecule has 1 heterocycles. The number of hydrogen-bond acceptors (Lipinski definition) is 7. The van der Waals surface area contributed by atoms with E-state index in [2.05, 4.69) is 50.3 Å². The van der Waals surface area contributed by atoms with Crippen molar-refractivity contribution in [2.24, 2.45) is 0 Å². The molecule has 0 spiro atoms. The molecular weight excluding hydrogens is 488 g/mol. The zero-order chi connectivity index (χ0) is 26.6. The van der Waals surface area contributed by atoms with Crippen LogP contribution in [0.3, 0.4) is 0 Å². The molecule has 1 fully saturated rings. The highest BCUT2D eigenvalue weighted by atomic mass is 32.2. The summed E-state index contributed by atoms with van der Waals surface area (Å²) in [7, 11) is 0.622. The van der Waals surface area contributed by atoms with Crippen LogP contribution in [0, 0.1) is 6.92 Å². The van der Waals surface area contributed by atoms with Crippen molar-refractivity contribution in [3.63, 3.8) is 0 Å². The third kappa shape index (κ3) is 5.94. The van der Waals surface area contributed by atoms with Crippen LogP contribution in [0.2, 0.25) is 0 Å². The molecule has 0 bridgehead atoms. The van der Waals surface area contributed by atoms with E-state index in [1.807, 2.05) is 26.1 Å². The van der Waals surface area contributed by atoms with Crippen LogP contribution in [-0.2, 0) is 14.8 Å². The molecule has 0 radical (unpaired) electrons. The number of esters is 1. The molecular formula is C28H34N4O4S. The highest BCUT2D eigenvalue weighted by molar-refractivity contribution is 7.89. The highest BCUT2D eigenvalue weighted by Crippen LogP contribution is 2.35. The van der Waals surface area contributed by atoms with Gasteiger partial charge in [0.25, 0.3) is 0 Å². The van der Waals surface area contributed by atoms with Gasteiger partial charge in [-0.15, -0.1) is 0 Å². The third-order valence-electron chi connectivity index (χ3n) is 7.01. The largest absolute Gasteiger partial charge is 0.464 e. The average molecular weight is 523 g/mol. The molecule has 0 saturated heterocycles.